The van der Waals surface area contributed by atoms with Crippen LogP contribution in [0.15, 0.2) is 34.9 Å². The number of benzene rings is 1. The van der Waals surface area contributed by atoms with E-state index in [2.05, 4.69) is 9.72 Å². The quantitative estimate of drug-likeness (QED) is 0.670. The summed E-state index contributed by atoms with van der Waals surface area (Å²) in [6.07, 6.45) is -1.41. The van der Waals surface area contributed by atoms with Crippen LogP contribution >= 0.6 is 0 Å². The predicted molar refractivity (Wildman–Crippen MR) is 67.8 cm³/mol. The van der Waals surface area contributed by atoms with Gasteiger partial charge in [-0.2, -0.15) is 0 Å². The number of hydrogen-bond donors (Lipinski definition) is 0. The second-order valence-electron chi connectivity index (χ2n) is 4.18. The van der Waals surface area contributed by atoms with E-state index >= 15 is 0 Å². The molecule has 0 aliphatic rings. The number of furan rings is 1. The average Bonchev–Trinajstić information content (AvgIpc) is 2.83. The number of rotatable bonds is 2. The number of carbonyl (C=O) groups is 1. The number of ether oxygens (including phenoxy) is 1. The zero-order valence-electron chi connectivity index (χ0n) is 10.4. The van der Waals surface area contributed by atoms with E-state index in [9.17, 15) is 13.6 Å². The number of alkyl halides is 2. The fourth-order valence-corrected chi connectivity index (χ4v) is 2.12. The van der Waals surface area contributed by atoms with Crippen molar-refractivity contribution in [2.45, 2.75) is 6.43 Å². The first-order valence-electron chi connectivity index (χ1n) is 5.79. The SMILES string of the molecule is COC(=O)c1ccc2c(c1)oc1c(C(F)F)nccc12. The van der Waals surface area contributed by atoms with Crippen LogP contribution < -0.4 is 0 Å². The molecule has 0 N–H and O–H groups in total. The summed E-state index contributed by atoms with van der Waals surface area (Å²) in [4.78, 5) is 15.1. The van der Waals surface area contributed by atoms with Crippen molar-refractivity contribution in [2.24, 2.45) is 0 Å². The van der Waals surface area contributed by atoms with Crippen molar-refractivity contribution >= 4 is 27.9 Å². The highest BCUT2D eigenvalue weighted by Gasteiger charge is 2.19. The second kappa shape index (κ2) is 4.56. The standard InChI is InChI=1S/C14H9F2NO3/c1-19-14(18)7-2-3-8-9-4-5-17-11(13(15)16)12(9)20-10(8)6-7/h2-6,13H,1H3. The van der Waals surface area contributed by atoms with Crippen molar-refractivity contribution in [3.63, 3.8) is 0 Å². The molecule has 0 unspecified atom stereocenters. The third kappa shape index (κ3) is 1.80. The van der Waals surface area contributed by atoms with E-state index in [1.807, 2.05) is 0 Å². The Labute approximate surface area is 112 Å². The zero-order chi connectivity index (χ0) is 14.3. The zero-order valence-corrected chi connectivity index (χ0v) is 10.4. The van der Waals surface area contributed by atoms with Crippen LogP contribution in [0.4, 0.5) is 8.78 Å². The van der Waals surface area contributed by atoms with Gasteiger partial charge in [0, 0.05) is 17.0 Å². The van der Waals surface area contributed by atoms with Crippen LogP contribution in [0.2, 0.25) is 0 Å². The molecule has 1 aromatic carbocycles. The summed E-state index contributed by atoms with van der Waals surface area (Å²) in [5.41, 5.74) is 0.279. The molecule has 4 nitrogen and oxygen atoms in total. The van der Waals surface area contributed by atoms with Crippen molar-refractivity contribution in [2.75, 3.05) is 7.11 Å². The van der Waals surface area contributed by atoms with Crippen molar-refractivity contribution in [3.8, 4) is 0 Å². The van der Waals surface area contributed by atoms with E-state index in [0.29, 0.717) is 21.9 Å². The number of aromatic nitrogens is 1. The van der Waals surface area contributed by atoms with Gasteiger partial charge in [0.2, 0.25) is 0 Å². The molecule has 2 aromatic heterocycles. The maximum atomic E-state index is 12.9. The van der Waals surface area contributed by atoms with Crippen molar-refractivity contribution in [3.05, 3.63) is 41.7 Å². The molecule has 3 aromatic rings. The van der Waals surface area contributed by atoms with Crippen LogP contribution in [-0.4, -0.2) is 18.1 Å². The van der Waals surface area contributed by atoms with Crippen LogP contribution in [0.3, 0.4) is 0 Å². The molecule has 3 rings (SSSR count). The maximum Gasteiger partial charge on any atom is 0.337 e. The van der Waals surface area contributed by atoms with Gasteiger partial charge in [-0.25, -0.2) is 13.6 Å². The summed E-state index contributed by atoms with van der Waals surface area (Å²) < 4.78 is 35.8. The molecular formula is C14H9F2NO3. The molecule has 0 atom stereocenters. The van der Waals surface area contributed by atoms with Gasteiger partial charge in [0.25, 0.3) is 6.43 Å². The van der Waals surface area contributed by atoms with Crippen LogP contribution in [0.1, 0.15) is 22.5 Å². The Hall–Kier alpha value is -2.50. The van der Waals surface area contributed by atoms with Crippen molar-refractivity contribution in [1.82, 2.24) is 4.98 Å². The predicted octanol–water partition coefficient (Wildman–Crippen LogP) is 3.71. The molecule has 0 fully saturated rings. The number of fused-ring (bicyclic) bond motifs is 3. The summed E-state index contributed by atoms with van der Waals surface area (Å²) in [6, 6.07) is 6.27. The Kier molecular flexibility index (Phi) is 2.85. The Morgan fingerprint density at radius 2 is 2.10 bits per heavy atom. The molecule has 102 valence electrons. The summed E-state index contributed by atoms with van der Waals surface area (Å²) in [7, 11) is 1.27. The highest BCUT2D eigenvalue weighted by Crippen LogP contribution is 2.33. The molecule has 0 amide bonds. The molecule has 20 heavy (non-hydrogen) atoms. The van der Waals surface area contributed by atoms with Gasteiger partial charge in [-0.15, -0.1) is 0 Å². The minimum atomic E-state index is -2.72. The van der Waals surface area contributed by atoms with Gasteiger partial charge in [0.15, 0.2) is 5.58 Å². The molecule has 0 aliphatic carbocycles. The minimum absolute atomic E-state index is 0.0412. The molecule has 0 aliphatic heterocycles. The van der Waals surface area contributed by atoms with Crippen LogP contribution in [-0.2, 0) is 4.74 Å². The molecular weight excluding hydrogens is 268 g/mol. The van der Waals surface area contributed by atoms with Crippen LogP contribution in [0.25, 0.3) is 21.9 Å². The molecule has 0 spiro atoms. The third-order valence-corrected chi connectivity index (χ3v) is 3.04. The molecule has 0 radical (unpaired) electrons. The van der Waals surface area contributed by atoms with Gasteiger partial charge in [-0.1, -0.05) is 0 Å². The summed E-state index contributed by atoms with van der Waals surface area (Å²) >= 11 is 0. The van der Waals surface area contributed by atoms with Gasteiger partial charge in [0.05, 0.1) is 12.7 Å². The summed E-state index contributed by atoms with van der Waals surface area (Å²) in [6.45, 7) is 0. The van der Waals surface area contributed by atoms with Crippen LogP contribution in [0.5, 0.6) is 0 Å². The molecule has 0 saturated carbocycles. The van der Waals surface area contributed by atoms with E-state index in [1.165, 1.54) is 19.4 Å². The Morgan fingerprint density at radius 1 is 1.30 bits per heavy atom. The van der Waals surface area contributed by atoms with E-state index in [0.717, 1.165) is 0 Å². The first kappa shape index (κ1) is 12.5. The van der Waals surface area contributed by atoms with E-state index in [1.54, 1.807) is 18.2 Å². The molecule has 2 heterocycles. The van der Waals surface area contributed by atoms with Crippen molar-refractivity contribution in [1.29, 1.82) is 0 Å². The lowest BCUT2D eigenvalue weighted by Crippen LogP contribution is -1.99. The molecule has 0 saturated heterocycles. The lowest BCUT2D eigenvalue weighted by atomic mass is 10.1. The minimum Gasteiger partial charge on any atom is -0.465 e. The normalized spacial score (nSPS) is 11.4. The Morgan fingerprint density at radius 3 is 2.80 bits per heavy atom. The fraction of sp³-hybridized carbons (Fsp3) is 0.143. The molecule has 0 bridgehead atoms. The first-order valence-corrected chi connectivity index (χ1v) is 5.79. The first-order chi connectivity index (χ1) is 9.61. The summed E-state index contributed by atoms with van der Waals surface area (Å²) in [5.74, 6) is -0.514. The van der Waals surface area contributed by atoms with E-state index < -0.39 is 18.1 Å². The highest BCUT2D eigenvalue weighted by molar-refractivity contribution is 6.07. The average molecular weight is 277 g/mol. The maximum absolute atomic E-state index is 12.9. The van der Waals surface area contributed by atoms with E-state index in [4.69, 9.17) is 4.42 Å². The number of esters is 1. The largest absolute Gasteiger partial charge is 0.465 e. The lowest BCUT2D eigenvalue weighted by Gasteiger charge is -1.97. The fourth-order valence-electron chi connectivity index (χ4n) is 2.12. The van der Waals surface area contributed by atoms with Gasteiger partial charge >= 0.3 is 5.97 Å². The topological polar surface area (TPSA) is 52.3 Å². The highest BCUT2D eigenvalue weighted by atomic mass is 19.3. The smallest absolute Gasteiger partial charge is 0.337 e. The number of methoxy groups -OCH3 is 1. The van der Waals surface area contributed by atoms with Crippen LogP contribution in [0, 0.1) is 0 Å². The summed E-state index contributed by atoms with van der Waals surface area (Å²) in [5, 5.41) is 1.19. The monoisotopic (exact) mass is 277 g/mol. The Bertz CT molecular complexity index is 811. The second-order valence-corrected chi connectivity index (χ2v) is 4.18. The number of hydrogen-bond acceptors (Lipinski definition) is 4. The third-order valence-electron chi connectivity index (χ3n) is 3.04. The Balaban J connectivity index is 2.30. The van der Waals surface area contributed by atoms with Gasteiger partial charge in [-0.3, -0.25) is 4.98 Å². The molecule has 6 heteroatoms. The van der Waals surface area contributed by atoms with Gasteiger partial charge in [0.1, 0.15) is 11.3 Å². The lowest BCUT2D eigenvalue weighted by molar-refractivity contribution is 0.0600. The number of halogens is 2. The van der Waals surface area contributed by atoms with Gasteiger partial charge in [-0.05, 0) is 24.3 Å². The van der Waals surface area contributed by atoms with Crippen molar-refractivity contribution < 1.29 is 22.7 Å². The van der Waals surface area contributed by atoms with E-state index in [-0.39, 0.29) is 5.58 Å². The van der Waals surface area contributed by atoms with Gasteiger partial charge < -0.3 is 9.15 Å². The number of carbonyl (C=O) groups excluding carboxylic acids is 1. The number of nitrogens with zero attached hydrogens (tertiary/aromatic N) is 1. The number of pyridine rings is 1.